The van der Waals surface area contributed by atoms with E-state index in [0.717, 1.165) is 5.69 Å². The van der Waals surface area contributed by atoms with Gasteiger partial charge in [0.25, 0.3) is 0 Å². The average molecular weight is 220 g/mol. The molecule has 15 heavy (non-hydrogen) atoms. The predicted octanol–water partition coefficient (Wildman–Crippen LogP) is 2.56. The highest BCUT2D eigenvalue weighted by Gasteiger charge is 2.07. The van der Waals surface area contributed by atoms with Crippen LogP contribution in [0, 0.1) is 22.7 Å². The third-order valence-electron chi connectivity index (χ3n) is 2.05. The van der Waals surface area contributed by atoms with Crippen LogP contribution in [0.25, 0.3) is 0 Å². The summed E-state index contributed by atoms with van der Waals surface area (Å²) in [5, 5.41) is 18.0. The second-order valence-corrected chi connectivity index (χ2v) is 3.54. The highest BCUT2D eigenvalue weighted by molar-refractivity contribution is 6.30. The van der Waals surface area contributed by atoms with Crippen LogP contribution in [0.2, 0.25) is 5.02 Å². The molecule has 0 aliphatic rings. The number of rotatable bonds is 3. The van der Waals surface area contributed by atoms with E-state index in [9.17, 15) is 0 Å². The van der Waals surface area contributed by atoms with Crippen LogP contribution < -0.4 is 4.90 Å². The van der Waals surface area contributed by atoms with Gasteiger partial charge < -0.3 is 4.90 Å². The van der Waals surface area contributed by atoms with Crippen LogP contribution in [0.4, 0.5) is 5.69 Å². The SMILES string of the molecule is CN(CCC#N)c1cc(Cl)ccc1C#N. The summed E-state index contributed by atoms with van der Waals surface area (Å²) in [4.78, 5) is 1.85. The molecular formula is C11H10ClN3. The standard InChI is InChI=1S/C11H10ClN3/c1-15(6-2-5-13)11-7-10(12)4-3-9(11)8-14/h3-4,7H,2,6H2,1H3. The zero-order valence-electron chi connectivity index (χ0n) is 8.37. The third kappa shape index (κ3) is 2.87. The molecule has 0 aliphatic carbocycles. The third-order valence-corrected chi connectivity index (χ3v) is 2.29. The predicted molar refractivity (Wildman–Crippen MR) is 59.7 cm³/mol. The molecule has 3 nitrogen and oxygen atoms in total. The number of halogens is 1. The molecule has 0 unspecified atom stereocenters. The lowest BCUT2D eigenvalue weighted by Gasteiger charge is -2.19. The highest BCUT2D eigenvalue weighted by Crippen LogP contribution is 2.23. The fourth-order valence-electron chi connectivity index (χ4n) is 1.25. The Hall–Kier alpha value is -1.71. The minimum atomic E-state index is 0.424. The van der Waals surface area contributed by atoms with E-state index in [1.165, 1.54) is 0 Å². The second kappa shape index (κ2) is 5.24. The van der Waals surface area contributed by atoms with Crippen LogP contribution in [0.5, 0.6) is 0 Å². The highest BCUT2D eigenvalue weighted by atomic mass is 35.5. The zero-order valence-corrected chi connectivity index (χ0v) is 9.12. The number of hydrogen-bond acceptors (Lipinski definition) is 3. The maximum Gasteiger partial charge on any atom is 0.101 e. The number of nitriles is 2. The van der Waals surface area contributed by atoms with E-state index < -0.39 is 0 Å². The minimum Gasteiger partial charge on any atom is -0.372 e. The summed E-state index contributed by atoms with van der Waals surface area (Å²) in [5.74, 6) is 0. The molecule has 0 N–H and O–H groups in total. The van der Waals surface area contributed by atoms with Crippen molar-refractivity contribution in [3.8, 4) is 12.1 Å². The summed E-state index contributed by atoms with van der Waals surface area (Å²) >= 11 is 5.85. The van der Waals surface area contributed by atoms with E-state index in [0.29, 0.717) is 23.6 Å². The molecule has 1 rings (SSSR count). The van der Waals surface area contributed by atoms with E-state index in [1.54, 1.807) is 18.2 Å². The van der Waals surface area contributed by atoms with Crippen LogP contribution in [-0.2, 0) is 0 Å². The average Bonchev–Trinajstić information content (AvgIpc) is 2.25. The maximum absolute atomic E-state index is 8.90. The van der Waals surface area contributed by atoms with E-state index >= 15 is 0 Å². The van der Waals surface area contributed by atoms with Gasteiger partial charge in [-0.3, -0.25) is 0 Å². The number of benzene rings is 1. The van der Waals surface area contributed by atoms with Gasteiger partial charge in [-0.2, -0.15) is 10.5 Å². The molecule has 0 aliphatic heterocycles. The molecule has 0 aromatic heterocycles. The fraction of sp³-hybridized carbons (Fsp3) is 0.273. The summed E-state index contributed by atoms with van der Waals surface area (Å²) < 4.78 is 0. The molecule has 76 valence electrons. The van der Waals surface area contributed by atoms with Crippen LogP contribution in [0.15, 0.2) is 18.2 Å². The van der Waals surface area contributed by atoms with Crippen molar-refractivity contribution >= 4 is 17.3 Å². The van der Waals surface area contributed by atoms with Crippen molar-refractivity contribution in [2.75, 3.05) is 18.5 Å². The van der Waals surface area contributed by atoms with Crippen LogP contribution >= 0.6 is 11.6 Å². The van der Waals surface area contributed by atoms with Crippen LogP contribution in [0.3, 0.4) is 0 Å². The van der Waals surface area contributed by atoms with Gasteiger partial charge in [0.05, 0.1) is 23.7 Å². The van der Waals surface area contributed by atoms with Crippen molar-refractivity contribution in [3.05, 3.63) is 28.8 Å². The summed E-state index contributed by atoms with van der Waals surface area (Å²) in [6.07, 6.45) is 0.424. The quantitative estimate of drug-likeness (QED) is 0.785. The Bertz CT molecular complexity index is 428. The molecule has 0 heterocycles. The molecule has 1 aromatic carbocycles. The van der Waals surface area contributed by atoms with Crippen molar-refractivity contribution in [3.63, 3.8) is 0 Å². The number of anilines is 1. The number of hydrogen-bond donors (Lipinski definition) is 0. The van der Waals surface area contributed by atoms with Crippen LogP contribution in [0.1, 0.15) is 12.0 Å². The van der Waals surface area contributed by atoms with Crippen LogP contribution in [-0.4, -0.2) is 13.6 Å². The Kier molecular flexibility index (Phi) is 3.97. The molecule has 0 saturated carbocycles. The Balaban J connectivity index is 2.97. The number of nitrogens with zero attached hydrogens (tertiary/aromatic N) is 3. The maximum atomic E-state index is 8.90. The molecule has 0 atom stereocenters. The van der Waals surface area contributed by atoms with Gasteiger partial charge in [-0.15, -0.1) is 0 Å². The lowest BCUT2D eigenvalue weighted by molar-refractivity contribution is 0.903. The summed E-state index contributed by atoms with van der Waals surface area (Å²) in [7, 11) is 1.84. The Morgan fingerprint density at radius 3 is 2.73 bits per heavy atom. The lowest BCUT2D eigenvalue weighted by atomic mass is 10.2. The van der Waals surface area contributed by atoms with Gasteiger partial charge in [0.15, 0.2) is 0 Å². The summed E-state index contributed by atoms with van der Waals surface area (Å²) in [5.41, 5.74) is 1.33. The smallest absolute Gasteiger partial charge is 0.101 e. The van der Waals surface area contributed by atoms with Gasteiger partial charge in [0.2, 0.25) is 0 Å². The molecule has 0 fully saturated rings. The Labute approximate surface area is 94.1 Å². The van der Waals surface area contributed by atoms with Gasteiger partial charge in [0, 0.05) is 18.6 Å². The largest absolute Gasteiger partial charge is 0.372 e. The van der Waals surface area contributed by atoms with Gasteiger partial charge in [-0.25, -0.2) is 0 Å². The first-order valence-electron chi connectivity index (χ1n) is 4.46. The molecule has 0 radical (unpaired) electrons. The lowest BCUT2D eigenvalue weighted by Crippen LogP contribution is -2.19. The van der Waals surface area contributed by atoms with E-state index in [-0.39, 0.29) is 0 Å². The van der Waals surface area contributed by atoms with E-state index in [2.05, 4.69) is 12.1 Å². The van der Waals surface area contributed by atoms with Gasteiger partial charge in [0.1, 0.15) is 6.07 Å². The first-order valence-corrected chi connectivity index (χ1v) is 4.84. The van der Waals surface area contributed by atoms with Crippen molar-refractivity contribution in [1.82, 2.24) is 0 Å². The minimum absolute atomic E-state index is 0.424. The van der Waals surface area contributed by atoms with Gasteiger partial charge in [-0.1, -0.05) is 11.6 Å². The Morgan fingerprint density at radius 2 is 2.13 bits per heavy atom. The van der Waals surface area contributed by atoms with E-state index in [4.69, 9.17) is 22.1 Å². The first-order chi connectivity index (χ1) is 7.19. The van der Waals surface area contributed by atoms with Crippen molar-refractivity contribution in [1.29, 1.82) is 10.5 Å². The molecule has 4 heteroatoms. The topological polar surface area (TPSA) is 50.8 Å². The van der Waals surface area contributed by atoms with Crippen molar-refractivity contribution < 1.29 is 0 Å². The summed E-state index contributed by atoms with van der Waals surface area (Å²) in [6.45, 7) is 0.589. The molecule has 0 bridgehead atoms. The Morgan fingerprint density at radius 1 is 1.40 bits per heavy atom. The summed E-state index contributed by atoms with van der Waals surface area (Å²) in [6, 6.07) is 9.26. The van der Waals surface area contributed by atoms with Crippen molar-refractivity contribution in [2.45, 2.75) is 6.42 Å². The molecule has 1 aromatic rings. The molecule has 0 amide bonds. The fourth-order valence-corrected chi connectivity index (χ4v) is 1.42. The molecular weight excluding hydrogens is 210 g/mol. The van der Waals surface area contributed by atoms with Gasteiger partial charge >= 0.3 is 0 Å². The zero-order chi connectivity index (χ0) is 11.3. The van der Waals surface area contributed by atoms with Crippen molar-refractivity contribution in [2.24, 2.45) is 0 Å². The molecule has 0 saturated heterocycles. The second-order valence-electron chi connectivity index (χ2n) is 3.10. The van der Waals surface area contributed by atoms with E-state index in [1.807, 2.05) is 11.9 Å². The normalized spacial score (nSPS) is 9.07. The van der Waals surface area contributed by atoms with Gasteiger partial charge in [-0.05, 0) is 18.2 Å². The first kappa shape index (κ1) is 11.4. The monoisotopic (exact) mass is 219 g/mol. The molecule has 0 spiro atoms.